The second-order valence-corrected chi connectivity index (χ2v) is 12.6. The lowest BCUT2D eigenvalue weighted by atomic mass is 9.46. The van der Waals surface area contributed by atoms with Gasteiger partial charge in [-0.1, -0.05) is 57.9 Å². The second kappa shape index (κ2) is 7.65. The van der Waals surface area contributed by atoms with E-state index in [0.717, 1.165) is 18.3 Å². The number of rotatable bonds is 4. The third-order valence-corrected chi connectivity index (χ3v) is 10.2. The molecule has 1 fully saturated rings. The molecule has 1 N–H and O–H groups in total. The summed E-state index contributed by atoms with van der Waals surface area (Å²) >= 11 is 0. The molecule has 1 unspecified atom stereocenters. The normalized spacial score (nSPS) is 40.8. The van der Waals surface area contributed by atoms with Gasteiger partial charge in [-0.3, -0.25) is 0 Å². The smallest absolute Gasteiger partial charge is 0.0634 e. The van der Waals surface area contributed by atoms with Crippen LogP contribution in [0.5, 0.6) is 0 Å². The SMILES string of the molecule is CC(C)=CCC[C@@H](C)[C@H]1CC=C2C3=C(CC[C@@]21C)[C@@]1(C)C(O)CCC(C)(C)[C@@H]1CC3. The van der Waals surface area contributed by atoms with Gasteiger partial charge in [0.1, 0.15) is 0 Å². The second-order valence-electron chi connectivity index (χ2n) is 12.6. The summed E-state index contributed by atoms with van der Waals surface area (Å²) < 4.78 is 0. The quantitative estimate of drug-likeness (QED) is 0.465. The van der Waals surface area contributed by atoms with Crippen molar-refractivity contribution in [3.05, 3.63) is 34.4 Å². The van der Waals surface area contributed by atoms with Gasteiger partial charge in [-0.25, -0.2) is 0 Å². The van der Waals surface area contributed by atoms with Crippen LogP contribution in [0.4, 0.5) is 0 Å². The number of fused-ring (bicyclic) bond motifs is 4. The number of hydrogen-bond donors (Lipinski definition) is 1. The van der Waals surface area contributed by atoms with Crippen LogP contribution in [0.1, 0.15) is 106 Å². The summed E-state index contributed by atoms with van der Waals surface area (Å²) in [7, 11) is 0. The van der Waals surface area contributed by atoms with E-state index in [-0.39, 0.29) is 11.5 Å². The molecular weight excluding hydrogens is 364 g/mol. The molecule has 0 radical (unpaired) electrons. The van der Waals surface area contributed by atoms with E-state index in [0.29, 0.717) is 16.7 Å². The van der Waals surface area contributed by atoms with Crippen LogP contribution in [0, 0.1) is 34.0 Å². The average molecular weight is 411 g/mol. The monoisotopic (exact) mass is 410 g/mol. The minimum Gasteiger partial charge on any atom is -0.392 e. The summed E-state index contributed by atoms with van der Waals surface area (Å²) in [5.41, 5.74) is 7.16. The molecule has 4 aliphatic carbocycles. The molecule has 1 heteroatoms. The first-order chi connectivity index (χ1) is 14.0. The van der Waals surface area contributed by atoms with E-state index in [1.165, 1.54) is 56.9 Å². The van der Waals surface area contributed by atoms with E-state index in [2.05, 4.69) is 60.6 Å². The van der Waals surface area contributed by atoms with Crippen LogP contribution in [0.3, 0.4) is 0 Å². The lowest BCUT2D eigenvalue weighted by molar-refractivity contribution is -0.0888. The van der Waals surface area contributed by atoms with E-state index >= 15 is 0 Å². The third kappa shape index (κ3) is 3.30. The molecule has 0 aromatic rings. The van der Waals surface area contributed by atoms with Gasteiger partial charge in [-0.2, -0.15) is 0 Å². The van der Waals surface area contributed by atoms with Gasteiger partial charge in [0.05, 0.1) is 6.10 Å². The fraction of sp³-hybridized carbons (Fsp3) is 0.793. The largest absolute Gasteiger partial charge is 0.392 e. The maximum absolute atomic E-state index is 11.3. The molecule has 1 saturated carbocycles. The van der Waals surface area contributed by atoms with Crippen molar-refractivity contribution in [3.8, 4) is 0 Å². The van der Waals surface area contributed by atoms with Gasteiger partial charge in [0.25, 0.3) is 0 Å². The zero-order chi connectivity index (χ0) is 21.9. The van der Waals surface area contributed by atoms with Gasteiger partial charge >= 0.3 is 0 Å². The van der Waals surface area contributed by atoms with Gasteiger partial charge in [-0.05, 0) is 111 Å². The maximum Gasteiger partial charge on any atom is 0.0634 e. The lowest BCUT2D eigenvalue weighted by Gasteiger charge is -2.59. The molecule has 6 atom stereocenters. The first-order valence-corrected chi connectivity index (χ1v) is 12.8. The van der Waals surface area contributed by atoms with E-state index in [4.69, 9.17) is 0 Å². The number of hydrogen-bond acceptors (Lipinski definition) is 1. The number of aliphatic hydroxyl groups excluding tert-OH is 1. The molecular formula is C29H46O. The van der Waals surface area contributed by atoms with E-state index in [9.17, 15) is 5.11 Å². The molecule has 4 aliphatic rings. The van der Waals surface area contributed by atoms with Crippen LogP contribution in [-0.2, 0) is 0 Å². The van der Waals surface area contributed by atoms with E-state index in [1.807, 2.05) is 0 Å². The number of allylic oxidation sites excluding steroid dienone is 5. The van der Waals surface area contributed by atoms with Crippen molar-refractivity contribution in [1.82, 2.24) is 0 Å². The van der Waals surface area contributed by atoms with Gasteiger partial charge in [-0.15, -0.1) is 0 Å². The summed E-state index contributed by atoms with van der Waals surface area (Å²) in [6.45, 7) is 16.9. The first kappa shape index (κ1) is 22.4. The molecule has 1 nitrogen and oxygen atoms in total. The Balaban J connectivity index is 1.63. The van der Waals surface area contributed by atoms with Crippen LogP contribution < -0.4 is 0 Å². The Morgan fingerprint density at radius 1 is 1.13 bits per heavy atom. The highest BCUT2D eigenvalue weighted by atomic mass is 16.3. The zero-order valence-corrected chi connectivity index (χ0v) is 20.8. The third-order valence-electron chi connectivity index (χ3n) is 10.2. The van der Waals surface area contributed by atoms with Gasteiger partial charge in [0.2, 0.25) is 0 Å². The topological polar surface area (TPSA) is 20.2 Å². The fourth-order valence-corrected chi connectivity index (χ4v) is 8.42. The lowest BCUT2D eigenvalue weighted by Crippen LogP contribution is -2.54. The maximum atomic E-state index is 11.3. The van der Waals surface area contributed by atoms with Crippen molar-refractivity contribution in [2.24, 2.45) is 34.0 Å². The molecule has 0 saturated heterocycles. The Hall–Kier alpha value is -0.820. The van der Waals surface area contributed by atoms with Crippen molar-refractivity contribution < 1.29 is 5.11 Å². The Morgan fingerprint density at radius 3 is 2.57 bits per heavy atom. The molecule has 30 heavy (non-hydrogen) atoms. The van der Waals surface area contributed by atoms with Crippen LogP contribution in [-0.4, -0.2) is 11.2 Å². The molecule has 0 aromatic carbocycles. The van der Waals surface area contributed by atoms with Crippen molar-refractivity contribution in [1.29, 1.82) is 0 Å². The molecule has 0 spiro atoms. The zero-order valence-electron chi connectivity index (χ0n) is 20.8. The van der Waals surface area contributed by atoms with E-state index < -0.39 is 0 Å². The Kier molecular flexibility index (Phi) is 5.70. The summed E-state index contributed by atoms with van der Waals surface area (Å²) in [6, 6.07) is 0. The summed E-state index contributed by atoms with van der Waals surface area (Å²) in [6.07, 6.45) is 15.8. The van der Waals surface area contributed by atoms with Crippen LogP contribution >= 0.6 is 0 Å². The van der Waals surface area contributed by atoms with Crippen molar-refractivity contribution in [2.75, 3.05) is 0 Å². The average Bonchev–Trinajstić information content (AvgIpc) is 3.02. The molecule has 0 aromatic heterocycles. The van der Waals surface area contributed by atoms with Gasteiger partial charge in [0, 0.05) is 5.41 Å². The van der Waals surface area contributed by atoms with Crippen LogP contribution in [0.15, 0.2) is 34.4 Å². The van der Waals surface area contributed by atoms with Gasteiger partial charge in [0.15, 0.2) is 0 Å². The van der Waals surface area contributed by atoms with Crippen LogP contribution in [0.25, 0.3) is 0 Å². The standard InChI is InChI=1S/C29H46O/c1-19(2)9-8-10-20(3)22-12-13-23-21-11-14-25-27(4,5)17-16-26(30)29(25,7)24(21)15-18-28(22,23)6/h9,13,20,22,25-26,30H,8,10-12,14-18H2,1-7H3/t20-,22-,25+,26?,28-,29-/m1/s1. The minimum absolute atomic E-state index is 0.00927. The van der Waals surface area contributed by atoms with Gasteiger partial charge < -0.3 is 5.11 Å². The van der Waals surface area contributed by atoms with Crippen LogP contribution in [0.2, 0.25) is 0 Å². The molecule has 168 valence electrons. The summed E-state index contributed by atoms with van der Waals surface area (Å²) in [4.78, 5) is 0. The fourth-order valence-electron chi connectivity index (χ4n) is 8.42. The molecule has 4 rings (SSSR count). The molecule has 0 amide bonds. The molecule has 0 heterocycles. The highest BCUT2D eigenvalue weighted by Crippen LogP contribution is 2.66. The molecule has 0 bridgehead atoms. The highest BCUT2D eigenvalue weighted by Gasteiger charge is 2.58. The van der Waals surface area contributed by atoms with Crippen molar-refractivity contribution >= 4 is 0 Å². The Morgan fingerprint density at radius 2 is 1.87 bits per heavy atom. The van der Waals surface area contributed by atoms with E-state index in [1.54, 1.807) is 16.7 Å². The summed E-state index contributed by atoms with van der Waals surface area (Å²) in [5, 5.41) is 11.3. The predicted octanol–water partition coefficient (Wildman–Crippen LogP) is 8.01. The first-order valence-electron chi connectivity index (χ1n) is 12.8. The number of aliphatic hydroxyl groups is 1. The molecule has 0 aliphatic heterocycles. The minimum atomic E-state index is -0.161. The highest BCUT2D eigenvalue weighted by molar-refractivity contribution is 5.50. The Labute approximate surface area is 186 Å². The Bertz CT molecular complexity index is 776. The van der Waals surface area contributed by atoms with Crippen molar-refractivity contribution in [2.45, 2.75) is 112 Å². The van der Waals surface area contributed by atoms with Crippen molar-refractivity contribution in [3.63, 3.8) is 0 Å². The summed E-state index contributed by atoms with van der Waals surface area (Å²) in [5.74, 6) is 2.18. The predicted molar refractivity (Wildman–Crippen MR) is 128 cm³/mol.